The van der Waals surface area contributed by atoms with E-state index in [2.05, 4.69) is 20.3 Å². The smallest absolute Gasteiger partial charge is 0.188 e. The van der Waals surface area contributed by atoms with E-state index in [1.54, 1.807) is 6.20 Å². The quantitative estimate of drug-likeness (QED) is 0.689. The fourth-order valence-electron chi connectivity index (χ4n) is 1.35. The van der Waals surface area contributed by atoms with Crippen molar-refractivity contribution in [1.82, 2.24) is 15.0 Å². The molecule has 0 aromatic carbocycles. The first-order valence-electron chi connectivity index (χ1n) is 5.44. The maximum atomic E-state index is 6.11. The van der Waals surface area contributed by atoms with E-state index in [4.69, 9.17) is 11.6 Å². The van der Waals surface area contributed by atoms with Crippen LogP contribution in [0.15, 0.2) is 29.6 Å². The summed E-state index contributed by atoms with van der Waals surface area (Å²) in [6, 6.07) is 5.56. The van der Waals surface area contributed by atoms with E-state index in [1.165, 1.54) is 11.8 Å². The Bertz CT molecular complexity index is 547. The Hall–Kier alpha value is -1.33. The van der Waals surface area contributed by atoms with Crippen LogP contribution in [-0.2, 0) is 5.75 Å². The van der Waals surface area contributed by atoms with Crippen molar-refractivity contribution in [3.8, 4) is 0 Å². The molecular weight excluding hydrogens is 268 g/mol. The zero-order valence-electron chi connectivity index (χ0n) is 10.1. The first kappa shape index (κ1) is 13.1. The molecule has 18 heavy (non-hydrogen) atoms. The SMILES string of the molecule is CNc1ccc(Cl)c(CSc2nccc(C)n2)n1. The highest BCUT2D eigenvalue weighted by Crippen LogP contribution is 2.24. The topological polar surface area (TPSA) is 50.7 Å². The second-order valence-corrected chi connectivity index (χ2v) is 4.99. The molecule has 2 aromatic heterocycles. The number of nitrogens with zero attached hydrogens (tertiary/aromatic N) is 3. The highest BCUT2D eigenvalue weighted by molar-refractivity contribution is 7.98. The normalized spacial score (nSPS) is 10.4. The van der Waals surface area contributed by atoms with Gasteiger partial charge in [0.2, 0.25) is 0 Å². The molecule has 1 N–H and O–H groups in total. The first-order valence-corrected chi connectivity index (χ1v) is 6.81. The van der Waals surface area contributed by atoms with Crippen molar-refractivity contribution in [2.75, 3.05) is 12.4 Å². The van der Waals surface area contributed by atoms with Crippen molar-refractivity contribution in [3.63, 3.8) is 0 Å². The monoisotopic (exact) mass is 280 g/mol. The van der Waals surface area contributed by atoms with Crippen LogP contribution >= 0.6 is 23.4 Å². The van der Waals surface area contributed by atoms with E-state index in [0.717, 1.165) is 22.4 Å². The zero-order chi connectivity index (χ0) is 13.0. The molecule has 6 heteroatoms. The summed E-state index contributed by atoms with van der Waals surface area (Å²) in [6.45, 7) is 1.94. The van der Waals surface area contributed by atoms with Gasteiger partial charge in [-0.25, -0.2) is 15.0 Å². The fraction of sp³-hybridized carbons (Fsp3) is 0.250. The maximum absolute atomic E-state index is 6.11. The first-order chi connectivity index (χ1) is 8.69. The second kappa shape index (κ2) is 6.02. The Kier molecular flexibility index (Phi) is 4.38. The van der Waals surface area contributed by atoms with E-state index < -0.39 is 0 Å². The predicted molar refractivity (Wildman–Crippen MR) is 75.1 cm³/mol. The van der Waals surface area contributed by atoms with Gasteiger partial charge in [-0.05, 0) is 25.1 Å². The molecular formula is C12H13ClN4S. The average molecular weight is 281 g/mol. The molecule has 0 amide bonds. The molecule has 2 heterocycles. The second-order valence-electron chi connectivity index (χ2n) is 3.64. The van der Waals surface area contributed by atoms with Gasteiger partial charge in [0, 0.05) is 24.7 Å². The molecule has 2 aromatic rings. The minimum absolute atomic E-state index is 0.651. The third-order valence-corrected chi connectivity index (χ3v) is 3.50. The molecule has 0 aliphatic carbocycles. The van der Waals surface area contributed by atoms with Gasteiger partial charge in [0.25, 0.3) is 0 Å². The van der Waals surface area contributed by atoms with E-state index in [0.29, 0.717) is 10.8 Å². The molecule has 4 nitrogen and oxygen atoms in total. The number of anilines is 1. The van der Waals surface area contributed by atoms with Crippen LogP contribution in [0, 0.1) is 6.92 Å². The largest absolute Gasteiger partial charge is 0.373 e. The summed E-state index contributed by atoms with van der Waals surface area (Å²) < 4.78 is 0. The molecule has 0 aliphatic rings. The molecule has 0 atom stereocenters. The number of thioether (sulfide) groups is 1. The molecule has 0 saturated carbocycles. The van der Waals surface area contributed by atoms with Gasteiger partial charge in [0.1, 0.15) is 5.82 Å². The highest BCUT2D eigenvalue weighted by Gasteiger charge is 2.06. The Labute approximate surface area is 115 Å². The molecule has 0 saturated heterocycles. The number of aromatic nitrogens is 3. The van der Waals surface area contributed by atoms with E-state index in [-0.39, 0.29) is 0 Å². The highest BCUT2D eigenvalue weighted by atomic mass is 35.5. The maximum Gasteiger partial charge on any atom is 0.188 e. The Morgan fingerprint density at radius 2 is 2.11 bits per heavy atom. The average Bonchev–Trinajstić information content (AvgIpc) is 2.38. The summed E-state index contributed by atoms with van der Waals surface area (Å²) in [5.74, 6) is 1.46. The van der Waals surface area contributed by atoms with Gasteiger partial charge < -0.3 is 5.32 Å². The lowest BCUT2D eigenvalue weighted by atomic mass is 10.3. The van der Waals surface area contributed by atoms with Crippen LogP contribution in [0.25, 0.3) is 0 Å². The molecule has 0 bridgehead atoms. The van der Waals surface area contributed by atoms with Crippen molar-refractivity contribution in [2.24, 2.45) is 0 Å². The molecule has 0 spiro atoms. The summed E-state index contributed by atoms with van der Waals surface area (Å²) in [5, 5.41) is 4.39. The van der Waals surface area contributed by atoms with E-state index in [9.17, 15) is 0 Å². The van der Waals surface area contributed by atoms with Crippen molar-refractivity contribution in [2.45, 2.75) is 17.8 Å². The summed E-state index contributed by atoms with van der Waals surface area (Å²) in [4.78, 5) is 12.9. The third kappa shape index (κ3) is 3.34. The molecule has 2 rings (SSSR count). The van der Waals surface area contributed by atoms with Crippen molar-refractivity contribution >= 4 is 29.2 Å². The Morgan fingerprint density at radius 3 is 2.83 bits per heavy atom. The van der Waals surface area contributed by atoms with Gasteiger partial charge in [0.05, 0.1) is 10.7 Å². The van der Waals surface area contributed by atoms with Crippen LogP contribution in [0.4, 0.5) is 5.82 Å². The number of hydrogen-bond acceptors (Lipinski definition) is 5. The number of pyridine rings is 1. The standard InChI is InChI=1S/C12H13ClN4S/c1-8-5-6-15-12(16-8)18-7-10-9(13)3-4-11(14-2)17-10/h3-6H,7H2,1-2H3,(H,14,17). The van der Waals surface area contributed by atoms with E-state index in [1.807, 2.05) is 32.2 Å². The molecule has 94 valence electrons. The molecule has 0 fully saturated rings. The summed E-state index contributed by atoms with van der Waals surface area (Å²) in [6.07, 6.45) is 1.75. The number of nitrogens with one attached hydrogen (secondary N) is 1. The van der Waals surface area contributed by atoms with Gasteiger partial charge >= 0.3 is 0 Å². The molecule has 0 unspecified atom stereocenters. The van der Waals surface area contributed by atoms with Crippen LogP contribution in [0.1, 0.15) is 11.4 Å². The van der Waals surface area contributed by atoms with Crippen LogP contribution in [-0.4, -0.2) is 22.0 Å². The summed E-state index contributed by atoms with van der Waals surface area (Å²) >= 11 is 7.63. The van der Waals surface area contributed by atoms with Crippen molar-refractivity contribution in [3.05, 3.63) is 40.8 Å². The lowest BCUT2D eigenvalue weighted by Gasteiger charge is -2.05. The van der Waals surface area contributed by atoms with Crippen LogP contribution in [0.5, 0.6) is 0 Å². The van der Waals surface area contributed by atoms with Crippen molar-refractivity contribution in [1.29, 1.82) is 0 Å². The van der Waals surface area contributed by atoms with Gasteiger partial charge in [-0.1, -0.05) is 23.4 Å². The van der Waals surface area contributed by atoms with Gasteiger partial charge in [-0.2, -0.15) is 0 Å². The zero-order valence-corrected chi connectivity index (χ0v) is 11.7. The number of halogens is 1. The summed E-state index contributed by atoms with van der Waals surface area (Å²) in [7, 11) is 1.83. The number of hydrogen-bond donors (Lipinski definition) is 1. The predicted octanol–water partition coefficient (Wildman–Crippen LogP) is 3.17. The lowest BCUT2D eigenvalue weighted by molar-refractivity contribution is 0.930. The third-order valence-electron chi connectivity index (χ3n) is 2.29. The lowest BCUT2D eigenvalue weighted by Crippen LogP contribution is -1.97. The van der Waals surface area contributed by atoms with E-state index >= 15 is 0 Å². The van der Waals surface area contributed by atoms with Gasteiger partial charge in [-0.3, -0.25) is 0 Å². The van der Waals surface area contributed by atoms with Gasteiger partial charge in [0.15, 0.2) is 5.16 Å². The molecule has 0 aliphatic heterocycles. The van der Waals surface area contributed by atoms with Crippen LogP contribution in [0.3, 0.4) is 0 Å². The number of aryl methyl sites for hydroxylation is 1. The minimum atomic E-state index is 0.651. The fourth-order valence-corrected chi connectivity index (χ4v) is 2.43. The Morgan fingerprint density at radius 1 is 1.28 bits per heavy atom. The Balaban J connectivity index is 2.10. The number of rotatable bonds is 4. The minimum Gasteiger partial charge on any atom is -0.373 e. The van der Waals surface area contributed by atoms with Gasteiger partial charge in [-0.15, -0.1) is 0 Å². The summed E-state index contributed by atoms with van der Waals surface area (Å²) in [5.41, 5.74) is 1.79. The molecule has 0 radical (unpaired) electrons. The van der Waals surface area contributed by atoms with Crippen molar-refractivity contribution < 1.29 is 0 Å². The van der Waals surface area contributed by atoms with Crippen LogP contribution in [0.2, 0.25) is 5.02 Å². The van der Waals surface area contributed by atoms with Crippen LogP contribution < -0.4 is 5.32 Å².